The minimum Gasteiger partial charge on any atom is -0.384 e. The molecule has 12 heavy (non-hydrogen) atoms. The van der Waals surface area contributed by atoms with Crippen molar-refractivity contribution in [1.29, 1.82) is 0 Å². The quantitative estimate of drug-likeness (QED) is 0.388. The van der Waals surface area contributed by atoms with Crippen molar-refractivity contribution >= 4 is 0 Å². The van der Waals surface area contributed by atoms with Crippen molar-refractivity contribution in [1.82, 2.24) is 0 Å². The van der Waals surface area contributed by atoms with Gasteiger partial charge in [0.2, 0.25) is 0 Å². The van der Waals surface area contributed by atoms with Crippen LogP contribution in [0.2, 0.25) is 0 Å². The van der Waals surface area contributed by atoms with Gasteiger partial charge in [0.05, 0.1) is 21.1 Å². The predicted molar refractivity (Wildman–Crippen MR) is 46.4 cm³/mol. The zero-order chi connectivity index (χ0) is 9.99. The van der Waals surface area contributed by atoms with E-state index in [0.29, 0.717) is 11.0 Å². The van der Waals surface area contributed by atoms with Gasteiger partial charge in [0.25, 0.3) is 0 Å². The van der Waals surface area contributed by atoms with E-state index in [1.54, 1.807) is 6.92 Å². The molecule has 0 rings (SSSR count). The van der Waals surface area contributed by atoms with Crippen LogP contribution in [-0.4, -0.2) is 59.4 Å². The Hall–Kier alpha value is -0.160. The molecule has 0 saturated carbocycles. The number of aliphatic hydroxyl groups excluding tert-OH is 1. The molecule has 0 spiro atoms. The molecule has 0 aromatic carbocycles. The zero-order valence-corrected chi connectivity index (χ0v) is 8.28. The topological polar surface area (TPSA) is 60.7 Å². The number of rotatable bonds is 4. The van der Waals surface area contributed by atoms with Gasteiger partial charge in [-0.2, -0.15) is 0 Å². The summed E-state index contributed by atoms with van der Waals surface area (Å²) in [5.41, 5.74) is -1.02. The highest BCUT2D eigenvalue weighted by Gasteiger charge is 2.30. The van der Waals surface area contributed by atoms with Crippen molar-refractivity contribution < 1.29 is 19.8 Å². The second-order valence-electron chi connectivity index (χ2n) is 4.63. The molecule has 0 aliphatic heterocycles. The molecule has 0 bridgehead atoms. The summed E-state index contributed by atoms with van der Waals surface area (Å²) in [6.45, 7) is 2.10. The van der Waals surface area contributed by atoms with Crippen LogP contribution in [0.25, 0.3) is 0 Å². The van der Waals surface area contributed by atoms with Crippen molar-refractivity contribution in [3.05, 3.63) is 0 Å². The van der Waals surface area contributed by atoms with Gasteiger partial charge < -0.3 is 19.8 Å². The Morgan fingerprint density at radius 2 is 1.67 bits per heavy atom. The molecule has 4 heteroatoms. The lowest BCUT2D eigenvalue weighted by Crippen LogP contribution is -2.49. The van der Waals surface area contributed by atoms with Gasteiger partial charge >= 0.3 is 0 Å². The lowest BCUT2D eigenvalue weighted by molar-refractivity contribution is -0.877. The van der Waals surface area contributed by atoms with Crippen LogP contribution in [0.3, 0.4) is 0 Å². The van der Waals surface area contributed by atoms with Crippen molar-refractivity contribution in [2.45, 2.75) is 25.2 Å². The van der Waals surface area contributed by atoms with E-state index in [0.717, 1.165) is 0 Å². The van der Waals surface area contributed by atoms with E-state index in [2.05, 4.69) is 0 Å². The maximum atomic E-state index is 9.68. The Balaban J connectivity index is 4.04. The monoisotopic (exact) mass is 178 g/mol. The van der Waals surface area contributed by atoms with Gasteiger partial charge in [-0.1, -0.05) is 0 Å². The number of quaternary nitrogens is 1. The third-order valence-corrected chi connectivity index (χ3v) is 1.44. The first-order chi connectivity index (χ1) is 5.12. The van der Waals surface area contributed by atoms with E-state index in [4.69, 9.17) is 10.2 Å². The van der Waals surface area contributed by atoms with Crippen LogP contribution < -0.4 is 0 Å². The van der Waals surface area contributed by atoms with E-state index in [-0.39, 0.29) is 6.42 Å². The first kappa shape index (κ1) is 11.8. The Kier molecular flexibility index (Phi) is 3.65. The first-order valence-electron chi connectivity index (χ1n) is 4.01. The summed E-state index contributed by atoms with van der Waals surface area (Å²) in [6, 6.07) is 0. The van der Waals surface area contributed by atoms with Gasteiger partial charge in [-0.15, -0.1) is 0 Å². The number of aliphatic hydroxyl groups is 3. The number of hydrogen-bond donors (Lipinski definition) is 3. The molecule has 1 unspecified atom stereocenters. The molecular formula is C8H20NO3+. The molecule has 0 saturated heterocycles. The van der Waals surface area contributed by atoms with Gasteiger partial charge in [-0.25, -0.2) is 0 Å². The molecular weight excluding hydrogens is 158 g/mol. The number of nitrogens with zero attached hydrogens (tertiary/aromatic N) is 1. The van der Waals surface area contributed by atoms with Crippen LogP contribution in [0.4, 0.5) is 0 Å². The molecule has 0 amide bonds. The van der Waals surface area contributed by atoms with E-state index < -0.39 is 11.9 Å². The molecule has 1 atom stereocenters. The lowest BCUT2D eigenvalue weighted by Gasteiger charge is -2.33. The molecule has 4 nitrogen and oxygen atoms in total. The first-order valence-corrected chi connectivity index (χ1v) is 4.01. The summed E-state index contributed by atoms with van der Waals surface area (Å²) in [5.74, 6) is 0. The SMILES string of the molecule is CC(O)(CC(O)O)C[N+](C)(C)C. The Morgan fingerprint density at radius 1 is 1.25 bits per heavy atom. The Morgan fingerprint density at radius 3 is 1.92 bits per heavy atom. The lowest BCUT2D eigenvalue weighted by atomic mass is 10.0. The second-order valence-corrected chi connectivity index (χ2v) is 4.63. The molecule has 0 aromatic heterocycles. The Labute approximate surface area is 73.6 Å². The summed E-state index contributed by atoms with van der Waals surface area (Å²) in [4.78, 5) is 0. The fourth-order valence-corrected chi connectivity index (χ4v) is 1.48. The van der Waals surface area contributed by atoms with Gasteiger partial charge in [0.1, 0.15) is 12.1 Å². The Bertz CT molecular complexity index is 138. The third kappa shape index (κ3) is 6.54. The highest BCUT2D eigenvalue weighted by molar-refractivity contribution is 4.72. The fourth-order valence-electron chi connectivity index (χ4n) is 1.48. The standard InChI is InChI=1S/C8H20NO3/c1-8(12,5-7(10)11)6-9(2,3)4/h7,10-12H,5-6H2,1-4H3/q+1. The minimum absolute atomic E-state index is 0.0114. The van der Waals surface area contributed by atoms with Crippen LogP contribution >= 0.6 is 0 Å². The summed E-state index contributed by atoms with van der Waals surface area (Å²) in [7, 11) is 5.83. The molecule has 0 aromatic rings. The minimum atomic E-state index is -1.44. The predicted octanol–water partition coefficient (Wildman–Crippen LogP) is -0.856. The van der Waals surface area contributed by atoms with Crippen LogP contribution in [0.15, 0.2) is 0 Å². The summed E-state index contributed by atoms with van der Waals surface area (Å²) in [5, 5.41) is 27.0. The summed E-state index contributed by atoms with van der Waals surface area (Å²) < 4.78 is 0.597. The van der Waals surface area contributed by atoms with Gasteiger partial charge in [-0.3, -0.25) is 0 Å². The smallest absolute Gasteiger partial charge is 0.154 e. The fraction of sp³-hybridized carbons (Fsp3) is 1.00. The third-order valence-electron chi connectivity index (χ3n) is 1.44. The van der Waals surface area contributed by atoms with Gasteiger partial charge in [0.15, 0.2) is 6.29 Å². The normalized spacial score (nSPS) is 18.0. The van der Waals surface area contributed by atoms with Crippen molar-refractivity contribution in [3.63, 3.8) is 0 Å². The van der Waals surface area contributed by atoms with Crippen molar-refractivity contribution in [2.75, 3.05) is 27.7 Å². The van der Waals surface area contributed by atoms with E-state index >= 15 is 0 Å². The zero-order valence-electron chi connectivity index (χ0n) is 8.28. The van der Waals surface area contributed by atoms with Crippen molar-refractivity contribution in [2.24, 2.45) is 0 Å². The number of hydrogen-bond acceptors (Lipinski definition) is 3. The van der Waals surface area contributed by atoms with Gasteiger partial charge in [-0.05, 0) is 6.92 Å². The molecule has 74 valence electrons. The molecule has 0 fully saturated rings. The summed E-state index contributed by atoms with van der Waals surface area (Å²) >= 11 is 0. The van der Waals surface area contributed by atoms with Crippen LogP contribution in [-0.2, 0) is 0 Å². The van der Waals surface area contributed by atoms with Crippen LogP contribution in [0.5, 0.6) is 0 Å². The molecule has 3 N–H and O–H groups in total. The maximum Gasteiger partial charge on any atom is 0.154 e. The highest BCUT2D eigenvalue weighted by atomic mass is 16.5. The van der Waals surface area contributed by atoms with E-state index in [9.17, 15) is 5.11 Å². The summed E-state index contributed by atoms with van der Waals surface area (Å²) in [6.07, 6.45) is -1.45. The van der Waals surface area contributed by atoms with E-state index in [1.807, 2.05) is 21.1 Å². The molecule has 0 aliphatic carbocycles. The van der Waals surface area contributed by atoms with Gasteiger partial charge in [0, 0.05) is 6.42 Å². The molecule has 0 radical (unpaired) electrons. The highest BCUT2D eigenvalue weighted by Crippen LogP contribution is 2.14. The molecule has 0 aliphatic rings. The maximum absolute atomic E-state index is 9.68. The number of likely N-dealkylation sites (N-methyl/N-ethyl adjacent to an activating group) is 1. The average Bonchev–Trinajstić information content (AvgIpc) is 1.48. The van der Waals surface area contributed by atoms with E-state index in [1.165, 1.54) is 0 Å². The van der Waals surface area contributed by atoms with Crippen LogP contribution in [0, 0.1) is 0 Å². The molecule has 0 heterocycles. The second kappa shape index (κ2) is 3.70. The average molecular weight is 178 g/mol. The van der Waals surface area contributed by atoms with Crippen molar-refractivity contribution in [3.8, 4) is 0 Å². The largest absolute Gasteiger partial charge is 0.384 e. The van der Waals surface area contributed by atoms with Crippen LogP contribution in [0.1, 0.15) is 13.3 Å².